The molecule has 1 unspecified atom stereocenters. The van der Waals surface area contributed by atoms with Crippen LogP contribution in [0.5, 0.6) is 0 Å². The summed E-state index contributed by atoms with van der Waals surface area (Å²) in [6.45, 7) is 5.51. The fourth-order valence-electron chi connectivity index (χ4n) is 5.19. The van der Waals surface area contributed by atoms with E-state index >= 15 is 0 Å². The van der Waals surface area contributed by atoms with E-state index in [9.17, 15) is 14.3 Å². The zero-order valence-corrected chi connectivity index (χ0v) is 34.5. The monoisotopic (exact) mass is 741 g/mol. The molecule has 0 spiro atoms. The SMILES string of the molecule is CCCCC/C=C\C/C=C\C/C=C\C/C=C\CCCC(=O)O[C@H](COCCCCCCCCCCCCCC)COP(=O)(O)OCC[N+](C)(C)C. The Balaban J connectivity index is 4.39. The van der Waals surface area contributed by atoms with Crippen molar-refractivity contribution in [1.29, 1.82) is 0 Å². The number of hydrogen-bond acceptors (Lipinski definition) is 6. The second-order valence-corrected chi connectivity index (χ2v) is 16.1. The first-order valence-electron chi connectivity index (χ1n) is 20.4. The third kappa shape index (κ3) is 39.5. The maximum atomic E-state index is 12.6. The third-order valence-electron chi connectivity index (χ3n) is 8.39. The Morgan fingerprint density at radius 2 is 1.08 bits per heavy atom. The number of allylic oxidation sites excluding steroid dienone is 8. The average molecular weight is 741 g/mol. The van der Waals surface area contributed by atoms with Gasteiger partial charge in [-0.25, -0.2) is 4.57 Å². The molecule has 0 amide bonds. The first kappa shape index (κ1) is 49.5. The molecular formula is C42H79NO7P+. The van der Waals surface area contributed by atoms with Crippen molar-refractivity contribution in [2.75, 3.05) is 54.1 Å². The van der Waals surface area contributed by atoms with E-state index in [1.54, 1.807) is 0 Å². The van der Waals surface area contributed by atoms with Gasteiger partial charge in [-0.05, 0) is 51.4 Å². The van der Waals surface area contributed by atoms with Crippen molar-refractivity contribution in [3.05, 3.63) is 48.6 Å². The molecule has 0 fully saturated rings. The van der Waals surface area contributed by atoms with Crippen molar-refractivity contribution >= 4 is 13.8 Å². The Labute approximate surface area is 314 Å². The van der Waals surface area contributed by atoms with Crippen LogP contribution in [0.3, 0.4) is 0 Å². The lowest BCUT2D eigenvalue weighted by Crippen LogP contribution is -2.37. The van der Waals surface area contributed by atoms with E-state index in [0.717, 1.165) is 38.5 Å². The van der Waals surface area contributed by atoms with Crippen LogP contribution in [0.2, 0.25) is 0 Å². The molecule has 0 saturated carbocycles. The van der Waals surface area contributed by atoms with Gasteiger partial charge in [0.25, 0.3) is 0 Å². The maximum absolute atomic E-state index is 12.6. The van der Waals surface area contributed by atoms with Crippen molar-refractivity contribution in [1.82, 2.24) is 0 Å². The van der Waals surface area contributed by atoms with Crippen molar-refractivity contribution in [3.63, 3.8) is 0 Å². The highest BCUT2D eigenvalue weighted by Gasteiger charge is 2.26. The predicted molar refractivity (Wildman–Crippen MR) is 215 cm³/mol. The molecule has 9 heteroatoms. The maximum Gasteiger partial charge on any atom is 0.472 e. The third-order valence-corrected chi connectivity index (χ3v) is 9.38. The van der Waals surface area contributed by atoms with Gasteiger partial charge in [-0.3, -0.25) is 13.8 Å². The molecule has 0 aliphatic heterocycles. The zero-order valence-electron chi connectivity index (χ0n) is 33.6. The number of hydrogen-bond donors (Lipinski definition) is 1. The van der Waals surface area contributed by atoms with Crippen LogP contribution in [0.25, 0.3) is 0 Å². The number of ether oxygens (including phenoxy) is 2. The lowest BCUT2D eigenvalue weighted by molar-refractivity contribution is -0.870. The van der Waals surface area contributed by atoms with Crippen LogP contribution in [-0.2, 0) is 27.9 Å². The first-order valence-corrected chi connectivity index (χ1v) is 21.9. The molecule has 0 bridgehead atoms. The molecule has 0 aliphatic carbocycles. The zero-order chi connectivity index (χ0) is 37.7. The summed E-state index contributed by atoms with van der Waals surface area (Å²) in [4.78, 5) is 22.8. The Kier molecular flexibility index (Phi) is 34.4. The van der Waals surface area contributed by atoms with Gasteiger partial charge in [-0.2, -0.15) is 0 Å². The minimum absolute atomic E-state index is 0.0780. The van der Waals surface area contributed by atoms with E-state index in [0.29, 0.717) is 24.1 Å². The van der Waals surface area contributed by atoms with Gasteiger partial charge < -0.3 is 18.9 Å². The van der Waals surface area contributed by atoms with Gasteiger partial charge in [0, 0.05) is 13.0 Å². The lowest BCUT2D eigenvalue weighted by Gasteiger charge is -2.24. The number of carbonyl (C=O) groups excluding carboxylic acids is 1. The van der Waals surface area contributed by atoms with Gasteiger partial charge in [0.05, 0.1) is 34.4 Å². The number of unbranched alkanes of at least 4 members (excludes halogenated alkanes) is 15. The predicted octanol–water partition coefficient (Wildman–Crippen LogP) is 11.6. The number of carbonyl (C=O) groups is 1. The van der Waals surface area contributed by atoms with E-state index in [2.05, 4.69) is 62.5 Å². The van der Waals surface area contributed by atoms with Crippen LogP contribution in [0.15, 0.2) is 48.6 Å². The number of likely N-dealkylation sites (N-methyl/N-ethyl adjacent to an activating group) is 1. The van der Waals surface area contributed by atoms with Crippen molar-refractivity contribution in [2.45, 2.75) is 161 Å². The smallest absolute Gasteiger partial charge is 0.457 e. The fraction of sp³-hybridized carbons (Fsp3) is 0.786. The fourth-order valence-corrected chi connectivity index (χ4v) is 5.93. The summed E-state index contributed by atoms with van der Waals surface area (Å²) in [6, 6.07) is 0. The largest absolute Gasteiger partial charge is 0.472 e. The van der Waals surface area contributed by atoms with Gasteiger partial charge in [0.2, 0.25) is 0 Å². The minimum atomic E-state index is -4.28. The number of phosphoric acid groups is 1. The number of rotatable bonds is 37. The Bertz CT molecular complexity index is 957. The molecule has 0 radical (unpaired) electrons. The number of quaternary nitrogens is 1. The molecule has 0 aromatic rings. The van der Waals surface area contributed by atoms with Crippen molar-refractivity contribution < 1.29 is 37.3 Å². The van der Waals surface area contributed by atoms with Crippen molar-refractivity contribution in [3.8, 4) is 0 Å². The van der Waals surface area contributed by atoms with E-state index in [4.69, 9.17) is 18.5 Å². The summed E-state index contributed by atoms with van der Waals surface area (Å²) >= 11 is 0. The summed E-state index contributed by atoms with van der Waals surface area (Å²) in [7, 11) is 1.63. The summed E-state index contributed by atoms with van der Waals surface area (Å²) in [6.07, 6.45) is 41.4. The number of nitrogens with zero attached hydrogens (tertiary/aromatic N) is 1. The lowest BCUT2D eigenvalue weighted by atomic mass is 10.1. The molecule has 1 N–H and O–H groups in total. The standard InChI is InChI=1S/C42H78NO7P/c1-6-8-10-12-14-16-18-20-21-22-23-24-25-27-29-31-33-35-42(44)50-41(40-49-51(45,46)48-38-36-43(3,4)5)39-47-37-34-32-30-28-26-19-17-15-13-11-9-7-2/h14,16,20-21,23-24,27,29,41H,6-13,15,17-19,22,25-26,28,30-40H2,1-5H3/p+1/b16-14-,21-20-,24-23-,29-27-/t41-/m1/s1. The van der Waals surface area contributed by atoms with E-state index in [1.807, 2.05) is 21.1 Å². The Hall–Kier alpha value is -1.54. The number of phosphoric ester groups is 1. The Morgan fingerprint density at radius 3 is 1.61 bits per heavy atom. The van der Waals surface area contributed by atoms with Crippen LogP contribution in [0.1, 0.15) is 155 Å². The van der Waals surface area contributed by atoms with Crippen LogP contribution in [0, 0.1) is 0 Å². The van der Waals surface area contributed by atoms with Gasteiger partial charge in [-0.1, -0.05) is 146 Å². The quantitative estimate of drug-likeness (QED) is 0.0223. The highest BCUT2D eigenvalue weighted by molar-refractivity contribution is 7.47. The second-order valence-electron chi connectivity index (χ2n) is 14.7. The molecule has 298 valence electrons. The molecule has 2 atom stereocenters. The summed E-state index contributed by atoms with van der Waals surface area (Å²) < 4.78 is 34.8. The van der Waals surface area contributed by atoms with Gasteiger partial charge in [0.15, 0.2) is 0 Å². The highest BCUT2D eigenvalue weighted by atomic mass is 31.2. The first-order chi connectivity index (χ1) is 24.6. The van der Waals surface area contributed by atoms with Gasteiger partial charge in [-0.15, -0.1) is 0 Å². The van der Waals surface area contributed by atoms with Crippen LogP contribution in [-0.4, -0.2) is 75.6 Å². The molecule has 0 rings (SSSR count). The highest BCUT2D eigenvalue weighted by Crippen LogP contribution is 2.43. The van der Waals surface area contributed by atoms with Crippen LogP contribution >= 0.6 is 7.82 Å². The normalized spacial score (nSPS) is 14.4. The second kappa shape index (κ2) is 35.5. The molecular weight excluding hydrogens is 661 g/mol. The van der Waals surface area contributed by atoms with E-state index < -0.39 is 13.9 Å². The topological polar surface area (TPSA) is 91.3 Å². The van der Waals surface area contributed by atoms with E-state index in [1.165, 1.54) is 89.9 Å². The van der Waals surface area contributed by atoms with Gasteiger partial charge >= 0.3 is 13.8 Å². The number of esters is 1. The molecule has 0 aliphatic rings. The molecule has 0 saturated heterocycles. The summed E-state index contributed by atoms with van der Waals surface area (Å²) in [5, 5.41) is 0. The van der Waals surface area contributed by atoms with Gasteiger partial charge in [0.1, 0.15) is 19.3 Å². The summed E-state index contributed by atoms with van der Waals surface area (Å²) in [5.41, 5.74) is 0. The van der Waals surface area contributed by atoms with Crippen LogP contribution < -0.4 is 0 Å². The Morgan fingerprint density at radius 1 is 0.608 bits per heavy atom. The van der Waals surface area contributed by atoms with E-state index in [-0.39, 0.29) is 32.2 Å². The molecule has 8 nitrogen and oxygen atoms in total. The average Bonchev–Trinajstić information content (AvgIpc) is 3.08. The molecule has 51 heavy (non-hydrogen) atoms. The molecule has 0 aromatic carbocycles. The minimum Gasteiger partial charge on any atom is -0.457 e. The van der Waals surface area contributed by atoms with Crippen molar-refractivity contribution in [2.24, 2.45) is 0 Å². The molecule has 0 heterocycles. The summed E-state index contributed by atoms with van der Waals surface area (Å²) in [5.74, 6) is -0.368. The molecule has 0 aromatic heterocycles. The van der Waals surface area contributed by atoms with Crippen LogP contribution in [0.4, 0.5) is 0 Å².